The van der Waals surface area contributed by atoms with E-state index in [4.69, 9.17) is 4.99 Å². The third-order valence-corrected chi connectivity index (χ3v) is 5.26. The predicted molar refractivity (Wildman–Crippen MR) is 92.1 cm³/mol. The average Bonchev–Trinajstić information content (AvgIpc) is 3.30. The smallest absolute Gasteiger partial charge is 0.192 e. The lowest BCUT2D eigenvalue weighted by molar-refractivity contribution is 0.518. The third kappa shape index (κ3) is 3.86. The molecule has 0 spiro atoms. The van der Waals surface area contributed by atoms with Crippen molar-refractivity contribution in [1.29, 1.82) is 5.26 Å². The molecule has 2 saturated carbocycles. The molecule has 0 radical (unpaired) electrons. The normalized spacial score (nSPS) is 25.0. The number of nitriles is 1. The van der Waals surface area contributed by atoms with Gasteiger partial charge in [0.05, 0.1) is 12.0 Å². The molecule has 2 fully saturated rings. The minimum atomic E-state index is 0.0812. The molecule has 1 heterocycles. The van der Waals surface area contributed by atoms with Crippen LogP contribution in [0.15, 0.2) is 4.99 Å². The lowest BCUT2D eigenvalue weighted by Gasteiger charge is -2.22. The molecule has 0 saturated heterocycles. The maximum atomic E-state index is 9.31. The Morgan fingerprint density at radius 2 is 2.00 bits per heavy atom. The van der Waals surface area contributed by atoms with Crippen LogP contribution in [-0.4, -0.2) is 32.8 Å². The van der Waals surface area contributed by atoms with Gasteiger partial charge in [-0.15, -0.1) is 10.2 Å². The number of aromatic nitrogens is 3. The minimum Gasteiger partial charge on any atom is -0.354 e. The monoisotopic (exact) mass is 329 g/mol. The van der Waals surface area contributed by atoms with Gasteiger partial charge in [0.1, 0.15) is 12.4 Å². The van der Waals surface area contributed by atoms with Crippen molar-refractivity contribution < 1.29 is 0 Å². The van der Waals surface area contributed by atoms with Crippen molar-refractivity contribution in [2.75, 3.05) is 0 Å². The number of hydrogen-bond donors (Lipinski definition) is 2. The van der Waals surface area contributed by atoms with Gasteiger partial charge in [-0.25, -0.2) is 4.99 Å². The Labute approximate surface area is 143 Å². The first-order valence-corrected chi connectivity index (χ1v) is 8.99. The molecule has 2 unspecified atom stereocenters. The van der Waals surface area contributed by atoms with E-state index in [2.05, 4.69) is 26.9 Å². The summed E-state index contributed by atoms with van der Waals surface area (Å²) in [6.07, 6.45) is 8.05. The molecule has 3 rings (SSSR count). The molecule has 7 heteroatoms. The Hall–Kier alpha value is -2.10. The fourth-order valence-electron chi connectivity index (χ4n) is 3.60. The molecular formula is C17H27N7. The van der Waals surface area contributed by atoms with Crippen molar-refractivity contribution in [3.63, 3.8) is 0 Å². The van der Waals surface area contributed by atoms with Crippen LogP contribution >= 0.6 is 0 Å². The molecule has 0 aliphatic heterocycles. The summed E-state index contributed by atoms with van der Waals surface area (Å²) in [5.41, 5.74) is 0. The molecule has 130 valence electrons. The van der Waals surface area contributed by atoms with E-state index in [1.807, 2.05) is 18.5 Å². The van der Waals surface area contributed by atoms with Gasteiger partial charge in [0.25, 0.3) is 0 Å². The van der Waals surface area contributed by atoms with Crippen LogP contribution in [0.3, 0.4) is 0 Å². The van der Waals surface area contributed by atoms with Crippen LogP contribution in [0, 0.1) is 24.2 Å². The van der Waals surface area contributed by atoms with Gasteiger partial charge >= 0.3 is 0 Å². The van der Waals surface area contributed by atoms with Crippen LogP contribution in [0.5, 0.6) is 0 Å². The Bertz CT molecular complexity index is 621. The van der Waals surface area contributed by atoms with Gasteiger partial charge in [-0.1, -0.05) is 12.8 Å². The lowest BCUT2D eigenvalue weighted by atomic mass is 10.1. The van der Waals surface area contributed by atoms with Crippen LogP contribution in [0.25, 0.3) is 0 Å². The topological polar surface area (TPSA) is 90.9 Å². The SMILES string of the molecule is Cc1nnc(CN=C(NC2CCCC2)NC2CCCC2C#N)n1C. The van der Waals surface area contributed by atoms with E-state index in [0.717, 1.165) is 36.9 Å². The van der Waals surface area contributed by atoms with Crippen LogP contribution in [0.2, 0.25) is 0 Å². The van der Waals surface area contributed by atoms with E-state index in [1.54, 1.807) is 0 Å². The first-order valence-electron chi connectivity index (χ1n) is 8.99. The zero-order valence-electron chi connectivity index (χ0n) is 14.6. The second-order valence-electron chi connectivity index (χ2n) is 6.93. The lowest BCUT2D eigenvalue weighted by Crippen LogP contribution is -2.47. The van der Waals surface area contributed by atoms with Crippen LogP contribution in [-0.2, 0) is 13.6 Å². The summed E-state index contributed by atoms with van der Waals surface area (Å²) in [5.74, 6) is 2.63. The Balaban J connectivity index is 1.69. The van der Waals surface area contributed by atoms with E-state index in [0.29, 0.717) is 12.6 Å². The molecule has 0 aromatic carbocycles. The van der Waals surface area contributed by atoms with Gasteiger partial charge in [-0.2, -0.15) is 5.26 Å². The van der Waals surface area contributed by atoms with Crippen molar-refractivity contribution >= 4 is 5.96 Å². The van der Waals surface area contributed by atoms with Gasteiger partial charge in [0.15, 0.2) is 11.8 Å². The molecule has 0 bridgehead atoms. The Morgan fingerprint density at radius 3 is 2.67 bits per heavy atom. The number of rotatable bonds is 4. The molecule has 2 N–H and O–H groups in total. The molecular weight excluding hydrogens is 302 g/mol. The van der Waals surface area contributed by atoms with Crippen molar-refractivity contribution in [2.24, 2.45) is 18.0 Å². The van der Waals surface area contributed by atoms with E-state index in [9.17, 15) is 5.26 Å². The summed E-state index contributed by atoms with van der Waals surface area (Å²) in [6.45, 7) is 2.43. The van der Waals surface area contributed by atoms with E-state index < -0.39 is 0 Å². The van der Waals surface area contributed by atoms with E-state index in [1.165, 1.54) is 25.7 Å². The zero-order chi connectivity index (χ0) is 16.9. The number of aryl methyl sites for hydroxylation is 1. The second-order valence-corrected chi connectivity index (χ2v) is 6.93. The summed E-state index contributed by atoms with van der Waals surface area (Å²) in [6, 6.07) is 3.11. The van der Waals surface area contributed by atoms with Crippen molar-refractivity contribution in [2.45, 2.75) is 70.5 Å². The number of hydrogen-bond acceptors (Lipinski definition) is 4. The summed E-state index contributed by atoms with van der Waals surface area (Å²) < 4.78 is 1.96. The molecule has 2 aliphatic rings. The number of nitrogens with one attached hydrogen (secondary N) is 2. The Kier molecular flexibility index (Phi) is 5.34. The first kappa shape index (κ1) is 16.7. The standard InChI is InChI=1S/C17H27N7/c1-12-22-23-16(24(12)2)11-19-17(20-14-7-3-4-8-14)21-15-9-5-6-13(15)10-18/h13-15H,3-9,11H2,1-2H3,(H2,19,20,21). The molecule has 2 aliphatic carbocycles. The minimum absolute atomic E-state index is 0.0812. The highest BCUT2D eigenvalue weighted by Gasteiger charge is 2.28. The molecule has 2 atom stereocenters. The maximum Gasteiger partial charge on any atom is 0.192 e. The van der Waals surface area contributed by atoms with Crippen LogP contribution < -0.4 is 10.6 Å². The molecule has 24 heavy (non-hydrogen) atoms. The van der Waals surface area contributed by atoms with Crippen molar-refractivity contribution in [3.8, 4) is 6.07 Å². The van der Waals surface area contributed by atoms with Gasteiger partial charge in [-0.3, -0.25) is 0 Å². The van der Waals surface area contributed by atoms with E-state index in [-0.39, 0.29) is 12.0 Å². The fraction of sp³-hybridized carbons (Fsp3) is 0.765. The third-order valence-electron chi connectivity index (χ3n) is 5.26. The number of aliphatic imine (C=N–C) groups is 1. The quantitative estimate of drug-likeness (QED) is 0.649. The largest absolute Gasteiger partial charge is 0.354 e. The highest BCUT2D eigenvalue weighted by molar-refractivity contribution is 5.80. The van der Waals surface area contributed by atoms with Crippen LogP contribution in [0.4, 0.5) is 0 Å². The van der Waals surface area contributed by atoms with Crippen molar-refractivity contribution in [3.05, 3.63) is 11.6 Å². The maximum absolute atomic E-state index is 9.31. The number of nitrogens with zero attached hydrogens (tertiary/aromatic N) is 5. The Morgan fingerprint density at radius 1 is 1.21 bits per heavy atom. The van der Waals surface area contributed by atoms with Crippen molar-refractivity contribution in [1.82, 2.24) is 25.4 Å². The van der Waals surface area contributed by atoms with E-state index >= 15 is 0 Å². The number of guanidine groups is 1. The van der Waals surface area contributed by atoms with Gasteiger partial charge < -0.3 is 15.2 Å². The summed E-state index contributed by atoms with van der Waals surface area (Å²) >= 11 is 0. The highest BCUT2D eigenvalue weighted by atomic mass is 15.3. The molecule has 1 aromatic rings. The highest BCUT2D eigenvalue weighted by Crippen LogP contribution is 2.25. The van der Waals surface area contributed by atoms with Gasteiger partial charge in [0.2, 0.25) is 0 Å². The van der Waals surface area contributed by atoms with Gasteiger partial charge in [-0.05, 0) is 39.0 Å². The average molecular weight is 329 g/mol. The van der Waals surface area contributed by atoms with Gasteiger partial charge in [0, 0.05) is 19.1 Å². The molecule has 0 amide bonds. The molecule has 1 aromatic heterocycles. The second kappa shape index (κ2) is 7.65. The summed E-state index contributed by atoms with van der Waals surface area (Å²) in [7, 11) is 1.96. The molecule has 7 nitrogen and oxygen atoms in total. The summed E-state index contributed by atoms with van der Waals surface area (Å²) in [5, 5.41) is 24.6. The predicted octanol–water partition coefficient (Wildman–Crippen LogP) is 1.79. The van der Waals surface area contributed by atoms with Crippen LogP contribution in [0.1, 0.15) is 56.6 Å². The summed E-state index contributed by atoms with van der Waals surface area (Å²) in [4.78, 5) is 4.73. The fourth-order valence-corrected chi connectivity index (χ4v) is 3.60. The first-order chi connectivity index (χ1) is 11.7. The zero-order valence-corrected chi connectivity index (χ0v) is 14.6.